The summed E-state index contributed by atoms with van der Waals surface area (Å²) in [6.45, 7) is 1.99. The first kappa shape index (κ1) is 21.6. The summed E-state index contributed by atoms with van der Waals surface area (Å²) in [6.07, 6.45) is 1.79. The molecule has 3 aromatic carbocycles. The summed E-state index contributed by atoms with van der Waals surface area (Å²) in [4.78, 5) is 13.3. The van der Waals surface area contributed by atoms with E-state index in [4.69, 9.17) is 19.3 Å². The minimum Gasteiger partial charge on any atom is -0.497 e. The van der Waals surface area contributed by atoms with Gasteiger partial charge < -0.3 is 19.5 Å². The smallest absolute Gasteiger partial charge is 0.255 e. The van der Waals surface area contributed by atoms with E-state index in [1.54, 1.807) is 18.0 Å². The fraction of sp³-hybridized carbons (Fsp3) is 0.185. The van der Waals surface area contributed by atoms with Gasteiger partial charge >= 0.3 is 0 Å². The number of hydrogen-bond acceptors (Lipinski definition) is 5. The van der Waals surface area contributed by atoms with Gasteiger partial charge in [-0.3, -0.25) is 9.48 Å². The van der Waals surface area contributed by atoms with Gasteiger partial charge in [0.1, 0.15) is 24.7 Å². The molecule has 5 rings (SSSR count). The fourth-order valence-corrected chi connectivity index (χ4v) is 3.90. The Morgan fingerprint density at radius 3 is 2.62 bits per heavy atom. The predicted octanol–water partition coefficient (Wildman–Crippen LogP) is 4.31. The molecule has 1 amide bonds. The van der Waals surface area contributed by atoms with Crippen molar-refractivity contribution in [3.05, 3.63) is 95.7 Å². The lowest BCUT2D eigenvalue weighted by Gasteiger charge is -2.19. The number of amides is 1. The molecule has 7 heteroatoms. The summed E-state index contributed by atoms with van der Waals surface area (Å²) < 4.78 is 18.4. The zero-order valence-corrected chi connectivity index (χ0v) is 18.9. The molecule has 0 spiro atoms. The van der Waals surface area contributed by atoms with Crippen molar-refractivity contribution in [2.45, 2.75) is 13.1 Å². The highest BCUT2D eigenvalue weighted by Crippen LogP contribution is 2.31. The Morgan fingerprint density at radius 2 is 1.79 bits per heavy atom. The van der Waals surface area contributed by atoms with Gasteiger partial charge in [-0.1, -0.05) is 48.5 Å². The van der Waals surface area contributed by atoms with Crippen LogP contribution in [0.15, 0.2) is 79.0 Å². The second kappa shape index (κ2) is 9.70. The van der Waals surface area contributed by atoms with Gasteiger partial charge in [0.05, 0.1) is 19.2 Å². The molecule has 1 aliphatic heterocycles. The number of rotatable bonds is 7. The third-order valence-electron chi connectivity index (χ3n) is 5.60. The van der Waals surface area contributed by atoms with Gasteiger partial charge in [0, 0.05) is 18.3 Å². The predicted molar refractivity (Wildman–Crippen MR) is 128 cm³/mol. The van der Waals surface area contributed by atoms with Crippen molar-refractivity contribution in [3.8, 4) is 28.5 Å². The number of nitrogens with zero attached hydrogens (tertiary/aromatic N) is 2. The van der Waals surface area contributed by atoms with Crippen LogP contribution in [0.3, 0.4) is 0 Å². The summed E-state index contributed by atoms with van der Waals surface area (Å²) in [6, 6.07) is 23.3. The molecule has 7 nitrogen and oxygen atoms in total. The first-order chi connectivity index (χ1) is 16.7. The minimum atomic E-state index is -0.202. The van der Waals surface area contributed by atoms with E-state index in [0.29, 0.717) is 49.1 Å². The lowest BCUT2D eigenvalue weighted by atomic mass is 10.1. The van der Waals surface area contributed by atoms with Crippen LogP contribution in [0, 0.1) is 0 Å². The van der Waals surface area contributed by atoms with Crippen molar-refractivity contribution in [2.75, 3.05) is 20.3 Å². The first-order valence-electron chi connectivity index (χ1n) is 11.1. The Bertz CT molecular complexity index is 1300. The minimum absolute atomic E-state index is 0.202. The number of fused-ring (bicyclic) bond motifs is 1. The van der Waals surface area contributed by atoms with Gasteiger partial charge in [0.25, 0.3) is 5.91 Å². The lowest BCUT2D eigenvalue weighted by molar-refractivity contribution is 0.0951. The summed E-state index contributed by atoms with van der Waals surface area (Å²) in [5.74, 6) is 1.93. The van der Waals surface area contributed by atoms with E-state index in [9.17, 15) is 4.79 Å². The molecule has 0 aliphatic carbocycles. The molecule has 0 fully saturated rings. The number of carbonyl (C=O) groups is 1. The molecule has 4 aromatic rings. The largest absolute Gasteiger partial charge is 0.497 e. The fourth-order valence-electron chi connectivity index (χ4n) is 3.90. The topological polar surface area (TPSA) is 74.6 Å². The normalized spacial score (nSPS) is 12.3. The van der Waals surface area contributed by atoms with Gasteiger partial charge in [-0.2, -0.15) is 5.10 Å². The Morgan fingerprint density at radius 1 is 0.971 bits per heavy atom. The van der Waals surface area contributed by atoms with Crippen LogP contribution >= 0.6 is 0 Å². The van der Waals surface area contributed by atoms with Crippen molar-refractivity contribution >= 4 is 5.91 Å². The molecule has 0 radical (unpaired) electrons. The van der Waals surface area contributed by atoms with Crippen LogP contribution in [0.1, 0.15) is 21.5 Å². The maximum Gasteiger partial charge on any atom is 0.255 e. The van der Waals surface area contributed by atoms with Crippen LogP contribution in [0.4, 0.5) is 0 Å². The lowest BCUT2D eigenvalue weighted by Crippen LogP contribution is -2.23. The zero-order valence-electron chi connectivity index (χ0n) is 18.9. The van der Waals surface area contributed by atoms with Gasteiger partial charge in [-0.25, -0.2) is 0 Å². The van der Waals surface area contributed by atoms with Crippen molar-refractivity contribution in [1.29, 1.82) is 0 Å². The van der Waals surface area contributed by atoms with Crippen LogP contribution in [0.25, 0.3) is 11.3 Å². The molecule has 0 saturated heterocycles. The number of methoxy groups -OCH3 is 1. The maximum atomic E-state index is 13.3. The number of ether oxygens (including phenoxy) is 3. The van der Waals surface area contributed by atoms with Crippen LogP contribution in [0.5, 0.6) is 17.2 Å². The molecule has 1 aromatic heterocycles. The molecule has 1 aliphatic rings. The number of benzene rings is 3. The van der Waals surface area contributed by atoms with E-state index in [2.05, 4.69) is 5.32 Å². The monoisotopic (exact) mass is 455 g/mol. The van der Waals surface area contributed by atoms with E-state index >= 15 is 0 Å². The Hall–Kier alpha value is -4.26. The second-order valence-corrected chi connectivity index (χ2v) is 7.97. The Kier molecular flexibility index (Phi) is 6.16. The quantitative estimate of drug-likeness (QED) is 0.450. The standard InChI is InChI=1S/C27H25N3O4/c1-32-22-9-5-8-21(15-22)26-23(18-30(29-26)17-19-6-3-2-4-7-19)27(31)28-16-20-10-11-24-25(14-20)34-13-12-33-24/h2-11,14-15,18H,12-13,16-17H2,1H3,(H,28,31). The summed E-state index contributed by atoms with van der Waals surface area (Å²) >= 11 is 0. The summed E-state index contributed by atoms with van der Waals surface area (Å²) in [5.41, 5.74) is 3.95. The Balaban J connectivity index is 1.40. The molecule has 0 saturated carbocycles. The van der Waals surface area contributed by atoms with E-state index in [1.807, 2.05) is 72.8 Å². The van der Waals surface area contributed by atoms with Crippen LogP contribution in [-0.2, 0) is 13.1 Å². The van der Waals surface area contributed by atoms with E-state index in [-0.39, 0.29) is 5.91 Å². The molecule has 2 heterocycles. The third-order valence-corrected chi connectivity index (χ3v) is 5.60. The Labute approximate surface area is 197 Å². The van der Waals surface area contributed by atoms with Gasteiger partial charge in [0.15, 0.2) is 11.5 Å². The van der Waals surface area contributed by atoms with Crippen LogP contribution in [-0.4, -0.2) is 36.0 Å². The average molecular weight is 456 g/mol. The SMILES string of the molecule is COc1cccc(-c2nn(Cc3ccccc3)cc2C(=O)NCc2ccc3c(c2)OCCO3)c1. The van der Waals surface area contributed by atoms with Crippen molar-refractivity contribution in [3.63, 3.8) is 0 Å². The van der Waals surface area contributed by atoms with Crippen LogP contribution in [0.2, 0.25) is 0 Å². The maximum absolute atomic E-state index is 13.3. The van der Waals surface area contributed by atoms with E-state index in [0.717, 1.165) is 22.4 Å². The third kappa shape index (κ3) is 4.73. The number of carbonyl (C=O) groups excluding carboxylic acids is 1. The number of nitrogens with one attached hydrogen (secondary N) is 1. The molecule has 34 heavy (non-hydrogen) atoms. The van der Waals surface area contributed by atoms with Crippen molar-refractivity contribution in [1.82, 2.24) is 15.1 Å². The number of hydrogen-bond donors (Lipinski definition) is 1. The molecular formula is C27H25N3O4. The first-order valence-corrected chi connectivity index (χ1v) is 11.1. The van der Waals surface area contributed by atoms with Crippen LogP contribution < -0.4 is 19.5 Å². The van der Waals surface area contributed by atoms with E-state index in [1.165, 1.54) is 0 Å². The van der Waals surface area contributed by atoms with Gasteiger partial charge in [-0.05, 0) is 35.4 Å². The average Bonchev–Trinajstić information content (AvgIpc) is 3.31. The zero-order chi connectivity index (χ0) is 23.3. The van der Waals surface area contributed by atoms with Crippen molar-refractivity contribution in [2.24, 2.45) is 0 Å². The molecule has 0 atom stereocenters. The van der Waals surface area contributed by atoms with Crippen molar-refractivity contribution < 1.29 is 19.0 Å². The number of aromatic nitrogens is 2. The highest BCUT2D eigenvalue weighted by molar-refractivity contribution is 5.99. The highest BCUT2D eigenvalue weighted by atomic mass is 16.6. The van der Waals surface area contributed by atoms with E-state index < -0.39 is 0 Å². The molecule has 0 bridgehead atoms. The molecule has 0 unspecified atom stereocenters. The highest BCUT2D eigenvalue weighted by Gasteiger charge is 2.19. The summed E-state index contributed by atoms with van der Waals surface area (Å²) in [7, 11) is 1.62. The van der Waals surface area contributed by atoms with Gasteiger partial charge in [0.2, 0.25) is 0 Å². The van der Waals surface area contributed by atoms with Gasteiger partial charge in [-0.15, -0.1) is 0 Å². The second-order valence-electron chi connectivity index (χ2n) is 7.97. The molecular weight excluding hydrogens is 430 g/mol. The molecule has 172 valence electrons. The summed E-state index contributed by atoms with van der Waals surface area (Å²) in [5, 5.41) is 7.77. The molecule has 1 N–H and O–H groups in total.